The van der Waals surface area contributed by atoms with Crippen LogP contribution < -0.4 is 5.32 Å². The van der Waals surface area contributed by atoms with Gasteiger partial charge in [0, 0.05) is 33.9 Å². The highest BCUT2D eigenvalue weighted by atomic mass is 35.5. The molecule has 1 fully saturated rings. The fourth-order valence-corrected chi connectivity index (χ4v) is 2.79. The van der Waals surface area contributed by atoms with E-state index in [0.29, 0.717) is 18.1 Å². The third kappa shape index (κ3) is 3.59. The Morgan fingerprint density at radius 3 is 2.70 bits per heavy atom. The van der Waals surface area contributed by atoms with Gasteiger partial charge in [-0.3, -0.25) is 14.3 Å². The smallest absolute Gasteiger partial charge is 0.238 e. The second-order valence-corrected chi connectivity index (χ2v) is 7.26. The predicted octanol–water partition coefficient (Wildman–Crippen LogP) is 1.93. The Hall–Kier alpha value is -0.910. The monoisotopic (exact) mass is 314 g/mol. The molecule has 1 amide bonds. The fourth-order valence-electron chi connectivity index (χ4n) is 2.22. The molecule has 20 heavy (non-hydrogen) atoms. The lowest BCUT2D eigenvalue weighted by Crippen LogP contribution is -2.33. The minimum absolute atomic E-state index is 0.0824. The van der Waals surface area contributed by atoms with E-state index >= 15 is 0 Å². The minimum Gasteiger partial charge on any atom is -0.322 e. The van der Waals surface area contributed by atoms with Gasteiger partial charge in [-0.1, -0.05) is 30.7 Å². The van der Waals surface area contributed by atoms with Crippen molar-refractivity contribution in [3.8, 4) is 0 Å². The molecule has 6 heteroatoms. The van der Waals surface area contributed by atoms with Gasteiger partial charge in [0.2, 0.25) is 5.91 Å². The van der Waals surface area contributed by atoms with Crippen LogP contribution in [0.15, 0.2) is 24.3 Å². The summed E-state index contributed by atoms with van der Waals surface area (Å²) in [5.74, 6) is 0.0824. The van der Waals surface area contributed by atoms with Crippen molar-refractivity contribution in [1.82, 2.24) is 10.2 Å². The van der Waals surface area contributed by atoms with Crippen molar-refractivity contribution in [2.45, 2.75) is 24.8 Å². The van der Waals surface area contributed by atoms with Crippen LogP contribution in [-0.4, -0.2) is 39.6 Å². The molecule has 0 aromatic heterocycles. The van der Waals surface area contributed by atoms with E-state index in [4.69, 9.17) is 11.6 Å². The van der Waals surface area contributed by atoms with E-state index < -0.39 is 10.8 Å². The summed E-state index contributed by atoms with van der Waals surface area (Å²) in [6.45, 7) is 2.90. The van der Waals surface area contributed by atoms with Gasteiger partial charge < -0.3 is 4.90 Å². The largest absolute Gasteiger partial charge is 0.322 e. The maximum absolute atomic E-state index is 12.0. The molecule has 1 heterocycles. The molecule has 2 rings (SSSR count). The first-order valence-corrected chi connectivity index (χ1v) is 8.59. The van der Waals surface area contributed by atoms with Crippen molar-refractivity contribution in [3.63, 3.8) is 0 Å². The topological polar surface area (TPSA) is 49.4 Å². The van der Waals surface area contributed by atoms with Gasteiger partial charge in [0.05, 0.1) is 6.54 Å². The minimum atomic E-state index is -0.856. The van der Waals surface area contributed by atoms with Gasteiger partial charge in [-0.2, -0.15) is 0 Å². The Morgan fingerprint density at radius 2 is 2.10 bits per heavy atom. The number of carbonyl (C=O) groups excluding carboxylic acids is 1. The number of nitrogens with zero attached hydrogens (tertiary/aromatic N) is 1. The standard InChI is InChI=1S/C14H19ClN2O2S/c1-10(20(2)19)7-8-17-13(18)9-16-14(17)11-3-5-12(15)6-4-11/h3-6,10,14,16H,7-9H2,1-2H3. The average Bonchev–Trinajstić information content (AvgIpc) is 2.78. The zero-order valence-corrected chi connectivity index (χ0v) is 13.2. The van der Waals surface area contributed by atoms with E-state index in [1.54, 1.807) is 6.26 Å². The first-order chi connectivity index (χ1) is 9.49. The van der Waals surface area contributed by atoms with Gasteiger partial charge in [0.1, 0.15) is 6.17 Å². The Kier molecular flexibility index (Phi) is 5.18. The molecule has 1 aliphatic rings. The lowest BCUT2D eigenvalue weighted by atomic mass is 10.1. The highest BCUT2D eigenvalue weighted by Crippen LogP contribution is 2.24. The molecule has 1 aliphatic heterocycles. The molecule has 1 N–H and O–H groups in total. The molecular formula is C14H19ClN2O2S. The van der Waals surface area contributed by atoms with E-state index in [-0.39, 0.29) is 17.3 Å². The highest BCUT2D eigenvalue weighted by Gasteiger charge is 2.31. The quantitative estimate of drug-likeness (QED) is 0.903. The third-order valence-electron chi connectivity index (χ3n) is 3.61. The van der Waals surface area contributed by atoms with Crippen molar-refractivity contribution >= 4 is 28.3 Å². The van der Waals surface area contributed by atoms with Crippen LogP contribution in [0, 0.1) is 0 Å². The van der Waals surface area contributed by atoms with Gasteiger partial charge in [-0.25, -0.2) is 0 Å². The van der Waals surface area contributed by atoms with Crippen LogP contribution in [0.2, 0.25) is 5.02 Å². The van der Waals surface area contributed by atoms with Crippen molar-refractivity contribution in [2.75, 3.05) is 19.3 Å². The molecule has 0 saturated carbocycles. The lowest BCUT2D eigenvalue weighted by Gasteiger charge is -2.25. The number of benzene rings is 1. The molecule has 4 nitrogen and oxygen atoms in total. The first-order valence-electron chi connectivity index (χ1n) is 6.59. The average molecular weight is 315 g/mol. The van der Waals surface area contributed by atoms with Crippen LogP contribution >= 0.6 is 11.6 Å². The van der Waals surface area contributed by atoms with Crippen LogP contribution in [0.4, 0.5) is 0 Å². The fraction of sp³-hybridized carbons (Fsp3) is 0.500. The van der Waals surface area contributed by atoms with Crippen LogP contribution in [-0.2, 0) is 15.6 Å². The van der Waals surface area contributed by atoms with Crippen LogP contribution in [0.25, 0.3) is 0 Å². The SMILES string of the molecule is CC(CCN1C(=O)CNC1c1ccc(Cl)cc1)S(C)=O. The van der Waals surface area contributed by atoms with Crippen molar-refractivity contribution in [2.24, 2.45) is 0 Å². The molecule has 3 atom stereocenters. The molecular weight excluding hydrogens is 296 g/mol. The van der Waals surface area contributed by atoms with Gasteiger partial charge in [0.25, 0.3) is 0 Å². The first kappa shape index (κ1) is 15.5. The molecule has 1 aromatic carbocycles. The summed E-state index contributed by atoms with van der Waals surface area (Å²) in [5, 5.41) is 3.97. The Balaban J connectivity index is 2.06. The van der Waals surface area contributed by atoms with E-state index in [0.717, 1.165) is 12.0 Å². The van der Waals surface area contributed by atoms with Gasteiger partial charge in [-0.05, 0) is 24.1 Å². The number of hydrogen-bond donors (Lipinski definition) is 1. The zero-order valence-electron chi connectivity index (χ0n) is 11.6. The van der Waals surface area contributed by atoms with E-state index in [9.17, 15) is 9.00 Å². The normalized spacial score (nSPS) is 22.1. The third-order valence-corrected chi connectivity index (χ3v) is 5.23. The van der Waals surface area contributed by atoms with Crippen LogP contribution in [0.3, 0.4) is 0 Å². The lowest BCUT2D eigenvalue weighted by molar-refractivity contribution is -0.128. The summed E-state index contributed by atoms with van der Waals surface area (Å²) in [6.07, 6.45) is 2.32. The molecule has 0 aliphatic carbocycles. The second kappa shape index (κ2) is 6.70. The maximum Gasteiger partial charge on any atom is 0.238 e. The van der Waals surface area contributed by atoms with Gasteiger partial charge >= 0.3 is 0 Å². The second-order valence-electron chi connectivity index (χ2n) is 5.02. The van der Waals surface area contributed by atoms with Crippen LogP contribution in [0.1, 0.15) is 25.1 Å². The molecule has 1 aromatic rings. The molecule has 1 saturated heterocycles. The zero-order chi connectivity index (χ0) is 14.7. The number of amides is 1. The van der Waals surface area contributed by atoms with Gasteiger partial charge in [-0.15, -0.1) is 0 Å². The molecule has 0 spiro atoms. The number of halogens is 1. The van der Waals surface area contributed by atoms with Crippen molar-refractivity contribution in [3.05, 3.63) is 34.9 Å². The maximum atomic E-state index is 12.0. The van der Waals surface area contributed by atoms with E-state index in [1.807, 2.05) is 36.1 Å². The Labute approximate surface area is 126 Å². The van der Waals surface area contributed by atoms with Gasteiger partial charge in [0.15, 0.2) is 0 Å². The van der Waals surface area contributed by atoms with E-state index in [1.165, 1.54) is 0 Å². The molecule has 110 valence electrons. The molecule has 0 radical (unpaired) electrons. The summed E-state index contributed by atoms with van der Waals surface area (Å²) >= 11 is 5.89. The number of carbonyl (C=O) groups is 1. The predicted molar refractivity (Wildman–Crippen MR) is 82.1 cm³/mol. The summed E-state index contributed by atoms with van der Waals surface area (Å²) < 4.78 is 11.4. The highest BCUT2D eigenvalue weighted by molar-refractivity contribution is 7.84. The number of hydrogen-bond acceptors (Lipinski definition) is 3. The van der Waals surface area contributed by atoms with E-state index in [2.05, 4.69) is 5.32 Å². The Bertz CT molecular complexity index is 506. The summed E-state index contributed by atoms with van der Waals surface area (Å²) in [7, 11) is -0.856. The number of nitrogens with one attached hydrogen (secondary N) is 1. The molecule has 0 bridgehead atoms. The van der Waals surface area contributed by atoms with Crippen molar-refractivity contribution in [1.29, 1.82) is 0 Å². The van der Waals surface area contributed by atoms with Crippen LogP contribution in [0.5, 0.6) is 0 Å². The number of rotatable bonds is 5. The summed E-state index contributed by atoms with van der Waals surface area (Å²) in [4.78, 5) is 13.8. The Morgan fingerprint density at radius 1 is 1.45 bits per heavy atom. The summed E-state index contributed by atoms with van der Waals surface area (Å²) in [5.41, 5.74) is 1.02. The molecule has 3 unspecified atom stereocenters. The summed E-state index contributed by atoms with van der Waals surface area (Å²) in [6, 6.07) is 7.49. The van der Waals surface area contributed by atoms with Crippen molar-refractivity contribution < 1.29 is 9.00 Å².